The van der Waals surface area contributed by atoms with Gasteiger partial charge in [0.05, 0.1) is 0 Å². The molecule has 0 aromatic heterocycles. The maximum atomic E-state index is 2.28. The molecular weight excluding hydrogens is 360 g/mol. The van der Waals surface area contributed by atoms with Crippen molar-refractivity contribution < 1.29 is 0 Å². The predicted octanol–water partition coefficient (Wildman–Crippen LogP) is 7.67. The van der Waals surface area contributed by atoms with Crippen LogP contribution in [0.4, 0.5) is 0 Å². The van der Waals surface area contributed by atoms with Crippen molar-refractivity contribution in [2.75, 3.05) is 0 Å². The third-order valence-electron chi connectivity index (χ3n) is 6.39. The first kappa shape index (κ1) is 17.2. The molecule has 5 aromatic rings. The molecule has 0 saturated carbocycles. The van der Waals surface area contributed by atoms with Gasteiger partial charge in [0, 0.05) is 0 Å². The van der Waals surface area contributed by atoms with Crippen molar-refractivity contribution in [1.29, 1.82) is 0 Å². The molecule has 7 rings (SSSR count). The smallest absolute Gasteiger partial charge is 0.00132 e. The van der Waals surface area contributed by atoms with Crippen LogP contribution in [0.5, 0.6) is 0 Å². The Balaban J connectivity index is 0.000000121. The van der Waals surface area contributed by atoms with E-state index in [1.54, 1.807) is 0 Å². The summed E-state index contributed by atoms with van der Waals surface area (Å²) in [7, 11) is 0. The van der Waals surface area contributed by atoms with Crippen molar-refractivity contribution in [3.63, 3.8) is 0 Å². The fourth-order valence-corrected chi connectivity index (χ4v) is 4.99. The van der Waals surface area contributed by atoms with Crippen LogP contribution in [-0.2, 0) is 12.8 Å². The van der Waals surface area contributed by atoms with Crippen LogP contribution in [0.3, 0.4) is 0 Å². The van der Waals surface area contributed by atoms with Gasteiger partial charge in [0.2, 0.25) is 0 Å². The monoisotopic (exact) mass is 382 g/mol. The van der Waals surface area contributed by atoms with E-state index in [1.165, 1.54) is 55.3 Å². The van der Waals surface area contributed by atoms with Gasteiger partial charge < -0.3 is 0 Å². The van der Waals surface area contributed by atoms with E-state index < -0.39 is 0 Å². The predicted molar refractivity (Wildman–Crippen MR) is 127 cm³/mol. The van der Waals surface area contributed by atoms with E-state index in [2.05, 4.69) is 109 Å². The standard InChI is InChI=1S/C17H12.C13H10/c1-3-7-15-12(5-1)9-10-14-11-13-6-2-4-8-16(13)17(14)15;1-3-7-12-10(5-1)9-11-6-2-4-8-13(11)12/h1-10H,11H2;1-8H,9H2. The van der Waals surface area contributed by atoms with Gasteiger partial charge in [-0.1, -0.05) is 109 Å². The van der Waals surface area contributed by atoms with E-state index in [0.29, 0.717) is 0 Å². The van der Waals surface area contributed by atoms with E-state index in [4.69, 9.17) is 0 Å². The number of fused-ring (bicyclic) bond motifs is 8. The molecule has 0 nitrogen and oxygen atoms in total. The molecule has 0 radical (unpaired) electrons. The second kappa shape index (κ2) is 7.00. The molecule has 2 aliphatic rings. The summed E-state index contributed by atoms with van der Waals surface area (Å²) in [6.45, 7) is 0. The van der Waals surface area contributed by atoms with Gasteiger partial charge in [-0.15, -0.1) is 0 Å². The quantitative estimate of drug-likeness (QED) is 0.252. The maximum absolute atomic E-state index is 2.28. The van der Waals surface area contributed by atoms with E-state index >= 15 is 0 Å². The lowest BCUT2D eigenvalue weighted by Gasteiger charge is -2.06. The van der Waals surface area contributed by atoms with Crippen LogP contribution in [0, 0.1) is 0 Å². The summed E-state index contributed by atoms with van der Waals surface area (Å²) in [6.07, 6.45) is 2.18. The average molecular weight is 383 g/mol. The Labute approximate surface area is 177 Å². The summed E-state index contributed by atoms with van der Waals surface area (Å²) in [5.74, 6) is 0. The van der Waals surface area contributed by atoms with E-state index in [9.17, 15) is 0 Å². The van der Waals surface area contributed by atoms with Crippen molar-refractivity contribution in [2.45, 2.75) is 12.8 Å². The Morgan fingerprint density at radius 3 is 1.57 bits per heavy atom. The lowest BCUT2D eigenvalue weighted by Crippen LogP contribution is -1.81. The summed E-state index contributed by atoms with van der Waals surface area (Å²) in [5.41, 5.74) is 11.5. The Bertz CT molecular complexity index is 1350. The van der Waals surface area contributed by atoms with Crippen molar-refractivity contribution in [1.82, 2.24) is 0 Å². The number of hydrogen-bond acceptors (Lipinski definition) is 0. The van der Waals surface area contributed by atoms with Crippen LogP contribution in [0.2, 0.25) is 0 Å². The second-order valence-corrected chi connectivity index (χ2v) is 8.15. The molecule has 142 valence electrons. The third-order valence-corrected chi connectivity index (χ3v) is 6.39. The second-order valence-electron chi connectivity index (χ2n) is 8.15. The fraction of sp³-hybridized carbons (Fsp3) is 0.0667. The molecule has 0 bridgehead atoms. The Hall–Kier alpha value is -3.64. The zero-order valence-electron chi connectivity index (χ0n) is 16.8. The van der Waals surface area contributed by atoms with E-state index in [1.807, 2.05) is 0 Å². The molecule has 5 aromatic carbocycles. The summed E-state index contributed by atoms with van der Waals surface area (Å²) in [5, 5.41) is 2.72. The molecular formula is C30H22. The zero-order chi connectivity index (χ0) is 19.9. The van der Waals surface area contributed by atoms with E-state index in [-0.39, 0.29) is 0 Å². The van der Waals surface area contributed by atoms with E-state index in [0.717, 1.165) is 12.8 Å². The van der Waals surface area contributed by atoms with Gasteiger partial charge in [-0.25, -0.2) is 0 Å². The number of hydrogen-bond donors (Lipinski definition) is 0. The van der Waals surface area contributed by atoms with Crippen molar-refractivity contribution >= 4 is 10.8 Å². The molecule has 0 unspecified atom stereocenters. The van der Waals surface area contributed by atoms with Crippen molar-refractivity contribution in [3.05, 3.63) is 131 Å². The largest absolute Gasteiger partial charge is 0.0619 e. The highest BCUT2D eigenvalue weighted by Crippen LogP contribution is 2.41. The molecule has 0 amide bonds. The SMILES string of the molecule is c1ccc2c(c1)Cc1ccc3ccccc3c1-2.c1ccc2c(c1)Cc1ccccc1-2. The highest BCUT2D eigenvalue weighted by Gasteiger charge is 2.19. The highest BCUT2D eigenvalue weighted by atomic mass is 14.2. The first-order valence-corrected chi connectivity index (χ1v) is 10.6. The molecule has 0 aliphatic heterocycles. The molecule has 30 heavy (non-hydrogen) atoms. The lowest BCUT2D eigenvalue weighted by atomic mass is 9.98. The van der Waals surface area contributed by atoms with Crippen molar-refractivity contribution in [2.24, 2.45) is 0 Å². The molecule has 0 heterocycles. The fourth-order valence-electron chi connectivity index (χ4n) is 4.99. The molecule has 0 atom stereocenters. The minimum absolute atomic E-state index is 1.08. The van der Waals surface area contributed by atoms with Gasteiger partial charge in [-0.05, 0) is 68.1 Å². The molecule has 2 aliphatic carbocycles. The molecule has 0 saturated heterocycles. The number of rotatable bonds is 0. The molecule has 0 fully saturated rings. The zero-order valence-corrected chi connectivity index (χ0v) is 16.8. The topological polar surface area (TPSA) is 0 Å². The van der Waals surface area contributed by atoms with Crippen LogP contribution >= 0.6 is 0 Å². The van der Waals surface area contributed by atoms with Gasteiger partial charge in [-0.3, -0.25) is 0 Å². The van der Waals surface area contributed by atoms with Crippen LogP contribution in [0.15, 0.2) is 109 Å². The van der Waals surface area contributed by atoms with Crippen LogP contribution in [-0.4, -0.2) is 0 Å². The summed E-state index contributed by atoms with van der Waals surface area (Å²) in [6, 6.07) is 39.2. The first-order chi connectivity index (χ1) is 14.9. The maximum Gasteiger partial charge on any atom is -0.00132 e. The van der Waals surface area contributed by atoms with Crippen LogP contribution in [0.25, 0.3) is 33.0 Å². The highest BCUT2D eigenvalue weighted by molar-refractivity contribution is 6.01. The minimum Gasteiger partial charge on any atom is -0.0619 e. The lowest BCUT2D eigenvalue weighted by molar-refractivity contribution is 1.26. The van der Waals surface area contributed by atoms with Gasteiger partial charge in [0.15, 0.2) is 0 Å². The summed E-state index contributed by atoms with van der Waals surface area (Å²) >= 11 is 0. The Morgan fingerprint density at radius 2 is 0.867 bits per heavy atom. The Morgan fingerprint density at radius 1 is 0.367 bits per heavy atom. The molecule has 0 spiro atoms. The van der Waals surface area contributed by atoms with Gasteiger partial charge in [0.1, 0.15) is 0 Å². The Kier molecular flexibility index (Phi) is 4.02. The van der Waals surface area contributed by atoms with Crippen LogP contribution < -0.4 is 0 Å². The summed E-state index contributed by atoms with van der Waals surface area (Å²) in [4.78, 5) is 0. The van der Waals surface area contributed by atoms with Gasteiger partial charge >= 0.3 is 0 Å². The van der Waals surface area contributed by atoms with Gasteiger partial charge in [0.25, 0.3) is 0 Å². The third kappa shape index (κ3) is 2.76. The normalized spacial score (nSPS) is 12.4. The van der Waals surface area contributed by atoms with Crippen LogP contribution in [0.1, 0.15) is 22.3 Å². The van der Waals surface area contributed by atoms with Gasteiger partial charge in [-0.2, -0.15) is 0 Å². The molecule has 0 N–H and O–H groups in total. The minimum atomic E-state index is 1.08. The first-order valence-electron chi connectivity index (χ1n) is 10.6. The molecule has 0 heteroatoms. The summed E-state index contributed by atoms with van der Waals surface area (Å²) < 4.78 is 0. The average Bonchev–Trinajstić information content (AvgIpc) is 3.38. The number of benzene rings is 5. The van der Waals surface area contributed by atoms with Crippen molar-refractivity contribution in [3.8, 4) is 22.3 Å².